The lowest BCUT2D eigenvalue weighted by atomic mass is 10.2. The van der Waals surface area contributed by atoms with Crippen LogP contribution in [0.2, 0.25) is 0 Å². The Morgan fingerprint density at radius 1 is 1.35 bits per heavy atom. The molecule has 0 radical (unpaired) electrons. The standard InChI is InChI=1S/C11H14N2O3S/c1-8-4-2-3-5-10(8)17(15,16)13-9-6-11(14)12-7-9/h2-5,9,13H,6-7H2,1H3,(H,12,14). The van der Waals surface area contributed by atoms with Crippen molar-refractivity contribution < 1.29 is 13.2 Å². The molecule has 6 heteroatoms. The fourth-order valence-electron chi connectivity index (χ4n) is 1.83. The van der Waals surface area contributed by atoms with Crippen LogP contribution < -0.4 is 10.0 Å². The van der Waals surface area contributed by atoms with E-state index in [0.717, 1.165) is 0 Å². The smallest absolute Gasteiger partial charge is 0.241 e. The van der Waals surface area contributed by atoms with Crippen LogP contribution in [0.3, 0.4) is 0 Å². The second kappa shape index (κ2) is 4.46. The first kappa shape index (κ1) is 12.1. The molecular formula is C11H14N2O3S. The fraction of sp³-hybridized carbons (Fsp3) is 0.364. The van der Waals surface area contributed by atoms with Gasteiger partial charge in [0.2, 0.25) is 15.9 Å². The van der Waals surface area contributed by atoms with Crippen LogP contribution in [0.25, 0.3) is 0 Å². The summed E-state index contributed by atoms with van der Waals surface area (Å²) in [5, 5.41) is 2.59. The third kappa shape index (κ3) is 2.65. The number of hydrogen-bond donors (Lipinski definition) is 2. The molecule has 0 spiro atoms. The Bertz CT molecular complexity index is 539. The molecule has 1 aliphatic rings. The van der Waals surface area contributed by atoms with Gasteiger partial charge in [-0.25, -0.2) is 13.1 Å². The van der Waals surface area contributed by atoms with E-state index in [9.17, 15) is 13.2 Å². The highest BCUT2D eigenvalue weighted by molar-refractivity contribution is 7.89. The Balaban J connectivity index is 2.20. The Kier molecular flexibility index (Phi) is 3.17. The molecule has 1 aromatic rings. The second-order valence-corrected chi connectivity index (χ2v) is 5.77. The van der Waals surface area contributed by atoms with Gasteiger partial charge in [0.05, 0.1) is 4.90 Å². The number of hydrogen-bond acceptors (Lipinski definition) is 3. The van der Waals surface area contributed by atoms with Gasteiger partial charge >= 0.3 is 0 Å². The highest BCUT2D eigenvalue weighted by Gasteiger charge is 2.27. The Morgan fingerprint density at radius 3 is 2.65 bits per heavy atom. The van der Waals surface area contributed by atoms with Gasteiger partial charge in [0.15, 0.2) is 0 Å². The summed E-state index contributed by atoms with van der Waals surface area (Å²) in [6.45, 7) is 2.09. The van der Waals surface area contributed by atoms with Gasteiger partial charge in [0, 0.05) is 19.0 Å². The molecule has 1 amide bonds. The zero-order valence-electron chi connectivity index (χ0n) is 9.43. The first-order valence-electron chi connectivity index (χ1n) is 5.34. The van der Waals surface area contributed by atoms with Gasteiger partial charge in [0.25, 0.3) is 0 Å². The lowest BCUT2D eigenvalue weighted by Crippen LogP contribution is -2.36. The summed E-state index contributed by atoms with van der Waals surface area (Å²) < 4.78 is 26.7. The summed E-state index contributed by atoms with van der Waals surface area (Å²) >= 11 is 0. The maximum atomic E-state index is 12.1. The minimum atomic E-state index is -3.54. The van der Waals surface area contributed by atoms with Crippen LogP contribution in [-0.2, 0) is 14.8 Å². The summed E-state index contributed by atoms with van der Waals surface area (Å²) in [6, 6.07) is 6.41. The zero-order valence-corrected chi connectivity index (χ0v) is 10.3. The third-order valence-corrected chi connectivity index (χ3v) is 4.36. The van der Waals surface area contributed by atoms with E-state index < -0.39 is 10.0 Å². The topological polar surface area (TPSA) is 75.3 Å². The molecule has 2 N–H and O–H groups in total. The Labute approximate surface area is 100 Å². The normalized spacial score (nSPS) is 20.3. The van der Waals surface area contributed by atoms with Crippen molar-refractivity contribution in [1.29, 1.82) is 0 Å². The number of amides is 1. The molecule has 17 heavy (non-hydrogen) atoms. The summed E-state index contributed by atoms with van der Waals surface area (Å²) in [6.07, 6.45) is 0.200. The molecule has 1 fully saturated rings. The van der Waals surface area contributed by atoms with Crippen molar-refractivity contribution in [1.82, 2.24) is 10.0 Å². The van der Waals surface area contributed by atoms with Crippen LogP contribution in [0, 0.1) is 6.92 Å². The van der Waals surface area contributed by atoms with Crippen LogP contribution in [0.5, 0.6) is 0 Å². The molecule has 2 rings (SSSR count). The molecule has 0 aliphatic carbocycles. The summed E-state index contributed by atoms with van der Waals surface area (Å²) in [5.41, 5.74) is 0.692. The van der Waals surface area contributed by atoms with Gasteiger partial charge in [-0.15, -0.1) is 0 Å². The molecule has 92 valence electrons. The second-order valence-electron chi connectivity index (χ2n) is 4.09. The number of nitrogens with one attached hydrogen (secondary N) is 2. The average Bonchev–Trinajstić information content (AvgIpc) is 2.63. The zero-order chi connectivity index (χ0) is 12.5. The van der Waals surface area contributed by atoms with Crippen LogP contribution >= 0.6 is 0 Å². The molecule has 5 nitrogen and oxygen atoms in total. The number of carbonyl (C=O) groups is 1. The van der Waals surface area contributed by atoms with E-state index >= 15 is 0 Å². The van der Waals surface area contributed by atoms with Crippen molar-refractivity contribution in [2.24, 2.45) is 0 Å². The van der Waals surface area contributed by atoms with E-state index in [1.807, 2.05) is 0 Å². The molecule has 1 aromatic carbocycles. The molecule has 1 aliphatic heterocycles. The van der Waals surface area contributed by atoms with Crippen LogP contribution in [0.15, 0.2) is 29.2 Å². The molecule has 1 heterocycles. The maximum absolute atomic E-state index is 12.1. The van der Waals surface area contributed by atoms with E-state index in [0.29, 0.717) is 12.1 Å². The van der Waals surface area contributed by atoms with Gasteiger partial charge in [-0.2, -0.15) is 0 Å². The van der Waals surface area contributed by atoms with Crippen LogP contribution in [0.4, 0.5) is 0 Å². The number of sulfonamides is 1. The van der Waals surface area contributed by atoms with Crippen LogP contribution in [-0.4, -0.2) is 26.9 Å². The predicted molar refractivity (Wildman–Crippen MR) is 62.9 cm³/mol. The first-order valence-corrected chi connectivity index (χ1v) is 6.82. The first-order chi connectivity index (χ1) is 7.99. The largest absolute Gasteiger partial charge is 0.354 e. The van der Waals surface area contributed by atoms with Crippen molar-refractivity contribution >= 4 is 15.9 Å². The van der Waals surface area contributed by atoms with E-state index in [1.54, 1.807) is 31.2 Å². The number of rotatable bonds is 3. The molecule has 1 saturated heterocycles. The minimum absolute atomic E-state index is 0.123. The van der Waals surface area contributed by atoms with E-state index in [1.165, 1.54) is 0 Å². The minimum Gasteiger partial charge on any atom is -0.354 e. The van der Waals surface area contributed by atoms with Crippen molar-refractivity contribution in [3.63, 3.8) is 0 Å². The lowest BCUT2D eigenvalue weighted by Gasteiger charge is -2.12. The van der Waals surface area contributed by atoms with Gasteiger partial charge in [0.1, 0.15) is 0 Å². The molecule has 1 unspecified atom stereocenters. The van der Waals surface area contributed by atoms with E-state index in [-0.39, 0.29) is 23.3 Å². The van der Waals surface area contributed by atoms with Crippen LogP contribution in [0.1, 0.15) is 12.0 Å². The molecule has 0 aromatic heterocycles. The van der Waals surface area contributed by atoms with Crippen molar-refractivity contribution in [2.75, 3.05) is 6.54 Å². The van der Waals surface area contributed by atoms with Crippen molar-refractivity contribution in [3.05, 3.63) is 29.8 Å². The fourth-order valence-corrected chi connectivity index (χ4v) is 3.31. The predicted octanol–water partition coefficient (Wildman–Crippen LogP) is 0.162. The van der Waals surface area contributed by atoms with Gasteiger partial charge < -0.3 is 5.32 Å². The highest BCUT2D eigenvalue weighted by atomic mass is 32.2. The SMILES string of the molecule is Cc1ccccc1S(=O)(=O)NC1CNC(=O)C1. The lowest BCUT2D eigenvalue weighted by molar-refractivity contribution is -0.119. The van der Waals surface area contributed by atoms with E-state index in [2.05, 4.69) is 10.0 Å². The molecule has 0 bridgehead atoms. The summed E-state index contributed by atoms with van der Waals surface area (Å²) in [4.78, 5) is 11.3. The average molecular weight is 254 g/mol. The Hall–Kier alpha value is -1.40. The van der Waals surface area contributed by atoms with E-state index in [4.69, 9.17) is 0 Å². The number of carbonyl (C=O) groups excluding carboxylic acids is 1. The number of benzene rings is 1. The highest BCUT2D eigenvalue weighted by Crippen LogP contribution is 2.15. The third-order valence-electron chi connectivity index (χ3n) is 2.68. The quantitative estimate of drug-likeness (QED) is 0.807. The Morgan fingerprint density at radius 2 is 2.06 bits per heavy atom. The van der Waals surface area contributed by atoms with Crippen molar-refractivity contribution in [3.8, 4) is 0 Å². The van der Waals surface area contributed by atoms with Gasteiger partial charge in [-0.1, -0.05) is 18.2 Å². The number of aryl methyl sites for hydroxylation is 1. The van der Waals surface area contributed by atoms with Crippen molar-refractivity contribution in [2.45, 2.75) is 24.3 Å². The summed E-state index contributed by atoms with van der Waals surface area (Å²) in [7, 11) is -3.54. The monoisotopic (exact) mass is 254 g/mol. The maximum Gasteiger partial charge on any atom is 0.241 e. The molecular weight excluding hydrogens is 240 g/mol. The van der Waals surface area contributed by atoms with Gasteiger partial charge in [-0.3, -0.25) is 4.79 Å². The molecule has 1 atom stereocenters. The van der Waals surface area contributed by atoms with Gasteiger partial charge in [-0.05, 0) is 18.6 Å². The summed E-state index contributed by atoms with van der Waals surface area (Å²) in [5.74, 6) is -0.123. The molecule has 0 saturated carbocycles.